The maximum absolute atomic E-state index is 13.4. The molecule has 4 saturated heterocycles. The summed E-state index contributed by atoms with van der Waals surface area (Å²) in [6.45, 7) is 10.9. The van der Waals surface area contributed by atoms with Crippen molar-refractivity contribution in [2.24, 2.45) is 17.8 Å². The predicted molar refractivity (Wildman–Crippen MR) is 136 cm³/mol. The van der Waals surface area contributed by atoms with Crippen LogP contribution in [0.4, 0.5) is 0 Å². The molecule has 4 aliphatic heterocycles. The van der Waals surface area contributed by atoms with E-state index in [0.29, 0.717) is 43.8 Å². The quantitative estimate of drug-likeness (QED) is 0.643. The summed E-state index contributed by atoms with van der Waals surface area (Å²) in [6.07, 6.45) is 5.65. The van der Waals surface area contributed by atoms with Crippen LogP contribution in [-0.2, 0) is 26.3 Å². The van der Waals surface area contributed by atoms with Gasteiger partial charge in [-0.1, -0.05) is 50.3 Å². The first-order valence-electron chi connectivity index (χ1n) is 13.4. The highest BCUT2D eigenvalue weighted by Crippen LogP contribution is 2.31. The third kappa shape index (κ3) is 5.05. The molecule has 0 aliphatic carbocycles. The van der Waals surface area contributed by atoms with Crippen LogP contribution in [-0.4, -0.2) is 71.1 Å². The third-order valence-corrected chi connectivity index (χ3v) is 8.70. The van der Waals surface area contributed by atoms with Gasteiger partial charge in [0.2, 0.25) is 5.91 Å². The molecule has 1 unspecified atom stereocenters. The van der Waals surface area contributed by atoms with Crippen LogP contribution < -0.4 is 4.90 Å². The second kappa shape index (κ2) is 9.96. The molecule has 1 N–H and O–H groups in total. The van der Waals surface area contributed by atoms with Crippen molar-refractivity contribution in [3.63, 3.8) is 0 Å². The number of rotatable bonds is 5. The van der Waals surface area contributed by atoms with Gasteiger partial charge in [0.25, 0.3) is 0 Å². The summed E-state index contributed by atoms with van der Waals surface area (Å²) in [6, 6.07) is 9.10. The Morgan fingerprint density at radius 2 is 1.83 bits per heavy atom. The zero-order valence-corrected chi connectivity index (χ0v) is 22.1. The minimum absolute atomic E-state index is 0.0652. The summed E-state index contributed by atoms with van der Waals surface area (Å²) in [5, 5.41) is 8.88. The summed E-state index contributed by atoms with van der Waals surface area (Å²) in [4.78, 5) is 28.7. The van der Waals surface area contributed by atoms with Crippen molar-refractivity contribution in [2.75, 3.05) is 33.3 Å². The summed E-state index contributed by atoms with van der Waals surface area (Å²) in [7, 11) is 1.44. The highest BCUT2D eigenvalue weighted by Gasteiger charge is 2.48. The third-order valence-electron chi connectivity index (χ3n) is 8.70. The normalized spacial score (nSPS) is 26.7. The van der Waals surface area contributed by atoms with E-state index in [2.05, 4.69) is 61.5 Å². The molecule has 4 fully saturated rings. The smallest absolute Gasteiger partial charge is 0.308 e. The number of methoxy groups -OCH3 is 1. The van der Waals surface area contributed by atoms with Crippen LogP contribution in [0.3, 0.4) is 0 Å². The van der Waals surface area contributed by atoms with E-state index in [0.717, 1.165) is 43.7 Å². The standard InChI is InChI=1S/C28H39N5O3/c1-28(2,3)22-7-5-19(6-8-22)25-18-33(30-29-25)16-23-15-21-11-14-32(23)17-24(21)26(34)31-12-9-20(10-13-31)27(35)36-4/h5-8,18,20-21,23-24H,9-17H2,1-4H3/p+1/t21-,23+,24-/m0/s1. The molecule has 4 atom stereocenters. The zero-order chi connectivity index (χ0) is 25.4. The lowest BCUT2D eigenvalue weighted by molar-refractivity contribution is -0.945. The number of esters is 1. The molecule has 8 heteroatoms. The average Bonchev–Trinajstić information content (AvgIpc) is 3.36. The highest BCUT2D eigenvalue weighted by molar-refractivity contribution is 5.80. The molecule has 2 bridgehead atoms. The number of carbonyl (C=O) groups is 2. The maximum atomic E-state index is 13.4. The van der Waals surface area contributed by atoms with E-state index in [9.17, 15) is 9.59 Å². The van der Waals surface area contributed by atoms with Gasteiger partial charge >= 0.3 is 5.97 Å². The second-order valence-electron chi connectivity index (χ2n) is 12.0. The minimum atomic E-state index is -0.143. The van der Waals surface area contributed by atoms with Crippen LogP contribution in [0.15, 0.2) is 30.5 Å². The number of amides is 1. The number of benzene rings is 1. The molecule has 4 aliphatic rings. The van der Waals surface area contributed by atoms with Gasteiger partial charge in [0.1, 0.15) is 11.7 Å². The maximum Gasteiger partial charge on any atom is 0.308 e. The van der Waals surface area contributed by atoms with E-state index >= 15 is 0 Å². The lowest BCUT2D eigenvalue weighted by Crippen LogP contribution is -3.20. The first-order chi connectivity index (χ1) is 17.2. The van der Waals surface area contributed by atoms with E-state index in [1.54, 1.807) is 0 Å². The number of nitrogens with one attached hydrogen (secondary N) is 1. The van der Waals surface area contributed by atoms with Gasteiger partial charge in [-0.3, -0.25) is 9.59 Å². The van der Waals surface area contributed by atoms with Gasteiger partial charge in [-0.05, 0) is 29.7 Å². The number of ether oxygens (including phenoxy) is 1. The molecule has 2 aromatic rings. The Bertz CT molecular complexity index is 1080. The molecule has 0 saturated carbocycles. The number of hydrogen-bond acceptors (Lipinski definition) is 5. The zero-order valence-electron chi connectivity index (χ0n) is 22.1. The molecular formula is C28H40N5O3+. The van der Waals surface area contributed by atoms with Crippen molar-refractivity contribution in [3.8, 4) is 11.3 Å². The summed E-state index contributed by atoms with van der Waals surface area (Å²) in [5.41, 5.74) is 3.44. The number of piperidine rings is 4. The number of aromatic nitrogens is 3. The molecule has 0 radical (unpaired) electrons. The Hall–Kier alpha value is -2.74. The average molecular weight is 495 g/mol. The molecule has 1 aromatic carbocycles. The summed E-state index contributed by atoms with van der Waals surface area (Å²) >= 11 is 0. The van der Waals surface area contributed by atoms with Crippen molar-refractivity contribution >= 4 is 11.9 Å². The summed E-state index contributed by atoms with van der Waals surface area (Å²) in [5.74, 6) is 0.624. The SMILES string of the molecule is COC(=O)C1CCN(C(=O)[C@H]2C[NH+]3CC[C@H]2C[C@@H]3Cn2cc(-c3ccc(C(C)(C)C)cc3)nn2)CC1. The van der Waals surface area contributed by atoms with E-state index in [1.807, 2.05) is 9.58 Å². The van der Waals surface area contributed by atoms with E-state index in [1.165, 1.54) is 17.6 Å². The van der Waals surface area contributed by atoms with Crippen LogP contribution in [0.25, 0.3) is 11.3 Å². The fourth-order valence-corrected chi connectivity index (χ4v) is 6.42. The lowest BCUT2D eigenvalue weighted by atomic mass is 9.74. The molecular weight excluding hydrogens is 454 g/mol. The number of quaternary nitrogens is 1. The van der Waals surface area contributed by atoms with Crippen LogP contribution in [0.2, 0.25) is 0 Å². The number of nitrogens with zero attached hydrogens (tertiary/aromatic N) is 4. The second-order valence-corrected chi connectivity index (χ2v) is 12.0. The van der Waals surface area contributed by atoms with Crippen molar-refractivity contribution in [3.05, 3.63) is 36.0 Å². The topological polar surface area (TPSA) is 81.8 Å². The fourth-order valence-electron chi connectivity index (χ4n) is 6.42. The van der Waals surface area contributed by atoms with Crippen molar-refractivity contribution in [2.45, 2.75) is 64.5 Å². The highest BCUT2D eigenvalue weighted by atomic mass is 16.5. The van der Waals surface area contributed by atoms with Gasteiger partial charge < -0.3 is 14.5 Å². The van der Waals surface area contributed by atoms with Gasteiger partial charge in [0, 0.05) is 31.5 Å². The monoisotopic (exact) mass is 494 g/mol. The van der Waals surface area contributed by atoms with Crippen molar-refractivity contribution in [1.82, 2.24) is 19.9 Å². The first-order valence-corrected chi connectivity index (χ1v) is 13.4. The Morgan fingerprint density at radius 3 is 2.44 bits per heavy atom. The molecule has 5 heterocycles. The Labute approximate surface area is 214 Å². The predicted octanol–water partition coefficient (Wildman–Crippen LogP) is 1.95. The Kier molecular flexibility index (Phi) is 6.90. The van der Waals surface area contributed by atoms with Crippen molar-refractivity contribution in [1.29, 1.82) is 0 Å². The molecule has 0 spiro atoms. The van der Waals surface area contributed by atoms with Gasteiger partial charge in [0.05, 0.1) is 44.8 Å². The van der Waals surface area contributed by atoms with Crippen LogP contribution in [0.1, 0.15) is 52.0 Å². The Balaban J connectivity index is 1.17. The first kappa shape index (κ1) is 24.9. The molecule has 6 rings (SSSR count). The number of hydrogen-bond donors (Lipinski definition) is 1. The largest absolute Gasteiger partial charge is 0.469 e. The van der Waals surface area contributed by atoms with Crippen LogP contribution in [0, 0.1) is 17.8 Å². The molecule has 1 amide bonds. The molecule has 1 aromatic heterocycles. The summed E-state index contributed by atoms with van der Waals surface area (Å²) < 4.78 is 6.87. The Morgan fingerprint density at radius 1 is 1.11 bits per heavy atom. The van der Waals surface area contributed by atoms with Crippen LogP contribution >= 0.6 is 0 Å². The van der Waals surface area contributed by atoms with E-state index < -0.39 is 0 Å². The van der Waals surface area contributed by atoms with Crippen LogP contribution in [0.5, 0.6) is 0 Å². The number of carbonyl (C=O) groups excluding carboxylic acids is 2. The molecule has 194 valence electrons. The fraction of sp³-hybridized carbons (Fsp3) is 0.643. The molecule has 36 heavy (non-hydrogen) atoms. The van der Waals surface area contributed by atoms with Gasteiger partial charge in [-0.25, -0.2) is 4.68 Å². The van der Waals surface area contributed by atoms with Gasteiger partial charge in [-0.15, -0.1) is 5.10 Å². The molecule has 8 nitrogen and oxygen atoms in total. The van der Waals surface area contributed by atoms with Crippen molar-refractivity contribution < 1.29 is 19.2 Å². The minimum Gasteiger partial charge on any atom is -0.469 e. The number of likely N-dealkylation sites (tertiary alicyclic amines) is 1. The van der Waals surface area contributed by atoms with Gasteiger partial charge in [0.15, 0.2) is 0 Å². The number of fused-ring (bicyclic) bond motifs is 3. The van der Waals surface area contributed by atoms with E-state index in [4.69, 9.17) is 4.74 Å². The van der Waals surface area contributed by atoms with E-state index in [-0.39, 0.29) is 23.2 Å². The lowest BCUT2D eigenvalue weighted by Gasteiger charge is -2.47. The van der Waals surface area contributed by atoms with Gasteiger partial charge in [-0.2, -0.15) is 0 Å².